The minimum atomic E-state index is -0.273. The van der Waals surface area contributed by atoms with E-state index in [0.29, 0.717) is 22.2 Å². The topological polar surface area (TPSA) is 111 Å². The van der Waals surface area contributed by atoms with E-state index in [1.54, 1.807) is 18.2 Å². The van der Waals surface area contributed by atoms with Crippen molar-refractivity contribution in [3.05, 3.63) is 47.3 Å². The molecule has 1 aromatic carbocycles. The van der Waals surface area contributed by atoms with Gasteiger partial charge in [-0.15, -0.1) is 0 Å². The number of aromatic nitrogens is 5. The number of benzene rings is 1. The molecular formula is C13H7N5O3. The van der Waals surface area contributed by atoms with Crippen molar-refractivity contribution in [3.63, 3.8) is 0 Å². The van der Waals surface area contributed by atoms with E-state index in [1.165, 1.54) is 12.7 Å². The van der Waals surface area contributed by atoms with Gasteiger partial charge in [0.2, 0.25) is 5.82 Å². The Hall–Kier alpha value is -3.29. The van der Waals surface area contributed by atoms with Gasteiger partial charge in [-0.3, -0.25) is 4.79 Å². The third kappa shape index (κ3) is 1.81. The minimum absolute atomic E-state index is 0.195. The second-order valence-electron chi connectivity index (χ2n) is 4.24. The summed E-state index contributed by atoms with van der Waals surface area (Å²) in [5.74, 6) is 0.483. The Morgan fingerprint density at radius 2 is 2.00 bits per heavy atom. The standard InChI is InChI=1S/C13H7N5O3/c19-12-8-4-2-1-3-7(8)10(16-17-12)13-15-11(18-21-13)9-5-20-6-14-9/h1-6H,(H,17,19). The molecule has 4 aromatic rings. The first-order valence-electron chi connectivity index (χ1n) is 6.03. The van der Waals surface area contributed by atoms with Crippen LogP contribution in [0.15, 0.2) is 50.7 Å². The SMILES string of the molecule is O=c1[nH]nc(-c2nc(-c3cocn3)no2)c2ccccc12. The van der Waals surface area contributed by atoms with Gasteiger partial charge in [0, 0.05) is 5.39 Å². The Kier molecular flexibility index (Phi) is 2.40. The Balaban J connectivity index is 1.92. The smallest absolute Gasteiger partial charge is 0.279 e. The monoisotopic (exact) mass is 281 g/mol. The molecule has 8 heteroatoms. The molecule has 4 rings (SSSR count). The van der Waals surface area contributed by atoms with Crippen molar-refractivity contribution in [2.75, 3.05) is 0 Å². The first-order valence-corrected chi connectivity index (χ1v) is 6.03. The molecule has 0 fully saturated rings. The van der Waals surface area contributed by atoms with Gasteiger partial charge in [-0.05, 0) is 6.07 Å². The molecule has 21 heavy (non-hydrogen) atoms. The lowest BCUT2D eigenvalue weighted by Gasteiger charge is -1.99. The first-order chi connectivity index (χ1) is 10.3. The molecule has 0 amide bonds. The third-order valence-corrected chi connectivity index (χ3v) is 2.99. The fourth-order valence-electron chi connectivity index (χ4n) is 2.02. The van der Waals surface area contributed by atoms with Gasteiger partial charge in [0.05, 0.1) is 5.39 Å². The van der Waals surface area contributed by atoms with Crippen molar-refractivity contribution in [1.29, 1.82) is 0 Å². The summed E-state index contributed by atoms with van der Waals surface area (Å²) in [7, 11) is 0. The zero-order valence-corrected chi connectivity index (χ0v) is 10.5. The number of aromatic amines is 1. The van der Waals surface area contributed by atoms with Crippen molar-refractivity contribution in [2.24, 2.45) is 0 Å². The van der Waals surface area contributed by atoms with Crippen LogP contribution in [-0.2, 0) is 0 Å². The summed E-state index contributed by atoms with van der Waals surface area (Å²) < 4.78 is 10.1. The number of hydrogen-bond donors (Lipinski definition) is 1. The van der Waals surface area contributed by atoms with Gasteiger partial charge in [0.15, 0.2) is 12.1 Å². The second kappa shape index (κ2) is 4.37. The van der Waals surface area contributed by atoms with E-state index in [1.807, 2.05) is 6.07 Å². The van der Waals surface area contributed by atoms with E-state index < -0.39 is 0 Å². The molecule has 8 nitrogen and oxygen atoms in total. The van der Waals surface area contributed by atoms with Crippen LogP contribution in [0.5, 0.6) is 0 Å². The van der Waals surface area contributed by atoms with Crippen LogP contribution in [0.1, 0.15) is 0 Å². The highest BCUT2D eigenvalue weighted by Crippen LogP contribution is 2.24. The molecule has 102 valence electrons. The van der Waals surface area contributed by atoms with E-state index in [0.717, 1.165) is 0 Å². The van der Waals surface area contributed by atoms with Gasteiger partial charge in [-0.2, -0.15) is 10.1 Å². The normalized spacial score (nSPS) is 11.0. The summed E-state index contributed by atoms with van der Waals surface area (Å²) in [5.41, 5.74) is 0.594. The fraction of sp³-hybridized carbons (Fsp3) is 0. The molecule has 0 unspecified atom stereocenters. The summed E-state index contributed by atoms with van der Waals surface area (Å²) in [4.78, 5) is 19.9. The maximum atomic E-state index is 11.7. The molecule has 0 saturated carbocycles. The van der Waals surface area contributed by atoms with Crippen molar-refractivity contribution in [2.45, 2.75) is 0 Å². The molecule has 0 aliphatic heterocycles. The van der Waals surface area contributed by atoms with Gasteiger partial charge in [0.25, 0.3) is 11.4 Å². The van der Waals surface area contributed by atoms with Crippen LogP contribution in [0.25, 0.3) is 33.9 Å². The summed E-state index contributed by atoms with van der Waals surface area (Å²) in [6.07, 6.45) is 2.69. The number of oxazole rings is 1. The summed E-state index contributed by atoms with van der Waals surface area (Å²) >= 11 is 0. The van der Waals surface area contributed by atoms with Crippen LogP contribution in [0.2, 0.25) is 0 Å². The second-order valence-corrected chi connectivity index (χ2v) is 4.24. The third-order valence-electron chi connectivity index (χ3n) is 2.99. The molecule has 0 aliphatic carbocycles. The van der Waals surface area contributed by atoms with Gasteiger partial charge in [0.1, 0.15) is 12.0 Å². The molecule has 3 heterocycles. The number of hydrogen-bond acceptors (Lipinski definition) is 7. The highest BCUT2D eigenvalue weighted by molar-refractivity contribution is 5.91. The zero-order valence-electron chi connectivity index (χ0n) is 10.5. The summed E-state index contributed by atoms with van der Waals surface area (Å²) in [6.45, 7) is 0. The van der Waals surface area contributed by atoms with Crippen LogP contribution in [0.3, 0.4) is 0 Å². The minimum Gasteiger partial charge on any atom is -0.451 e. The Morgan fingerprint density at radius 1 is 1.14 bits per heavy atom. The molecule has 0 radical (unpaired) electrons. The Morgan fingerprint density at radius 3 is 2.81 bits per heavy atom. The van der Waals surface area contributed by atoms with Gasteiger partial charge < -0.3 is 8.94 Å². The van der Waals surface area contributed by atoms with E-state index in [9.17, 15) is 4.79 Å². The molecule has 0 spiro atoms. The summed E-state index contributed by atoms with van der Waals surface area (Å²) in [6, 6.07) is 7.05. The van der Waals surface area contributed by atoms with Crippen molar-refractivity contribution < 1.29 is 8.94 Å². The number of fused-ring (bicyclic) bond motifs is 1. The van der Waals surface area contributed by atoms with Gasteiger partial charge in [-0.1, -0.05) is 23.4 Å². The molecule has 0 bridgehead atoms. The van der Waals surface area contributed by atoms with Crippen LogP contribution in [-0.4, -0.2) is 25.3 Å². The highest BCUT2D eigenvalue weighted by Gasteiger charge is 2.17. The van der Waals surface area contributed by atoms with E-state index in [4.69, 9.17) is 8.94 Å². The molecule has 3 aromatic heterocycles. The first kappa shape index (κ1) is 11.5. The summed E-state index contributed by atoms with van der Waals surface area (Å²) in [5, 5.41) is 11.4. The average Bonchev–Trinajstić information content (AvgIpc) is 3.19. The number of nitrogens with one attached hydrogen (secondary N) is 1. The fourth-order valence-corrected chi connectivity index (χ4v) is 2.02. The van der Waals surface area contributed by atoms with Crippen molar-refractivity contribution in [1.82, 2.24) is 25.3 Å². The zero-order chi connectivity index (χ0) is 14.2. The number of nitrogens with zero attached hydrogens (tertiary/aromatic N) is 4. The Labute approximate surface area is 116 Å². The maximum absolute atomic E-state index is 11.7. The average molecular weight is 281 g/mol. The van der Waals surface area contributed by atoms with E-state index in [2.05, 4.69) is 25.3 Å². The maximum Gasteiger partial charge on any atom is 0.279 e. The predicted molar refractivity (Wildman–Crippen MR) is 71.2 cm³/mol. The number of rotatable bonds is 2. The number of H-pyrrole nitrogens is 1. The van der Waals surface area contributed by atoms with Crippen molar-refractivity contribution >= 4 is 10.8 Å². The lowest BCUT2D eigenvalue weighted by Crippen LogP contribution is -2.09. The quantitative estimate of drug-likeness (QED) is 0.594. The van der Waals surface area contributed by atoms with Gasteiger partial charge in [-0.25, -0.2) is 10.1 Å². The van der Waals surface area contributed by atoms with Crippen LogP contribution in [0, 0.1) is 0 Å². The van der Waals surface area contributed by atoms with E-state index in [-0.39, 0.29) is 17.3 Å². The van der Waals surface area contributed by atoms with Crippen LogP contribution in [0.4, 0.5) is 0 Å². The molecule has 0 aliphatic rings. The Bertz CT molecular complexity index is 971. The molecule has 0 saturated heterocycles. The van der Waals surface area contributed by atoms with E-state index >= 15 is 0 Å². The molecule has 0 atom stereocenters. The highest BCUT2D eigenvalue weighted by atomic mass is 16.5. The lowest BCUT2D eigenvalue weighted by molar-refractivity contribution is 0.430. The van der Waals surface area contributed by atoms with Crippen LogP contribution >= 0.6 is 0 Å². The molecule has 1 N–H and O–H groups in total. The van der Waals surface area contributed by atoms with Crippen molar-refractivity contribution in [3.8, 4) is 23.1 Å². The molecular weight excluding hydrogens is 274 g/mol. The lowest BCUT2D eigenvalue weighted by atomic mass is 10.1. The predicted octanol–water partition coefficient (Wildman–Crippen LogP) is 1.63. The van der Waals surface area contributed by atoms with Gasteiger partial charge >= 0.3 is 0 Å². The van der Waals surface area contributed by atoms with Crippen LogP contribution < -0.4 is 5.56 Å². The largest absolute Gasteiger partial charge is 0.451 e.